The van der Waals surface area contributed by atoms with Crippen LogP contribution in [0, 0.1) is 5.92 Å². The summed E-state index contributed by atoms with van der Waals surface area (Å²) in [5.74, 6) is 0.654. The lowest BCUT2D eigenvalue weighted by Gasteiger charge is -2.34. The summed E-state index contributed by atoms with van der Waals surface area (Å²) in [7, 11) is 0. The van der Waals surface area contributed by atoms with E-state index in [9.17, 15) is 4.79 Å². The summed E-state index contributed by atoms with van der Waals surface area (Å²) >= 11 is 0. The van der Waals surface area contributed by atoms with E-state index < -0.39 is 0 Å². The first kappa shape index (κ1) is 14.8. The molecule has 1 atom stereocenters. The van der Waals surface area contributed by atoms with Gasteiger partial charge in [-0.25, -0.2) is 0 Å². The molecule has 1 saturated heterocycles. The Morgan fingerprint density at radius 1 is 1.00 bits per heavy atom. The Morgan fingerprint density at radius 2 is 1.55 bits per heavy atom. The fourth-order valence-corrected chi connectivity index (χ4v) is 3.34. The summed E-state index contributed by atoms with van der Waals surface area (Å²) in [6, 6.07) is 20.3. The summed E-state index contributed by atoms with van der Waals surface area (Å²) < 4.78 is 0. The number of amides is 1. The molecule has 1 heterocycles. The smallest absolute Gasteiger partial charge is 0.234 e. The minimum absolute atomic E-state index is 0.187. The van der Waals surface area contributed by atoms with Crippen LogP contribution in [0.3, 0.4) is 0 Å². The molecule has 3 rings (SSSR count). The molecule has 1 amide bonds. The molecule has 0 bridgehead atoms. The molecule has 22 heavy (non-hydrogen) atoms. The van der Waals surface area contributed by atoms with Crippen molar-refractivity contribution < 1.29 is 4.79 Å². The van der Waals surface area contributed by atoms with Gasteiger partial charge >= 0.3 is 0 Å². The number of carbonyl (C=O) groups excluding carboxylic acids is 1. The number of carbonyl (C=O) groups is 1. The van der Waals surface area contributed by atoms with E-state index in [1.807, 2.05) is 36.4 Å². The lowest BCUT2D eigenvalue weighted by molar-refractivity contribution is -0.133. The Labute approximate surface area is 132 Å². The Bertz CT molecular complexity index is 569. The van der Waals surface area contributed by atoms with Crippen LogP contribution < -0.4 is 0 Å². The minimum atomic E-state index is -0.187. The van der Waals surface area contributed by atoms with Crippen LogP contribution in [-0.4, -0.2) is 23.9 Å². The zero-order chi connectivity index (χ0) is 15.4. The van der Waals surface area contributed by atoms with Crippen LogP contribution in [0.5, 0.6) is 0 Å². The molecule has 0 spiro atoms. The number of rotatable bonds is 3. The maximum atomic E-state index is 13.2. The first-order valence-corrected chi connectivity index (χ1v) is 8.14. The zero-order valence-corrected chi connectivity index (χ0v) is 13.1. The monoisotopic (exact) mass is 293 g/mol. The molecule has 1 aliphatic heterocycles. The van der Waals surface area contributed by atoms with Crippen LogP contribution in [0.2, 0.25) is 0 Å². The van der Waals surface area contributed by atoms with Gasteiger partial charge in [0.2, 0.25) is 5.91 Å². The van der Waals surface area contributed by atoms with Crippen LogP contribution in [0.25, 0.3) is 0 Å². The highest BCUT2D eigenvalue weighted by atomic mass is 16.2. The van der Waals surface area contributed by atoms with Gasteiger partial charge in [0.05, 0.1) is 5.92 Å². The van der Waals surface area contributed by atoms with Gasteiger partial charge in [-0.1, -0.05) is 67.6 Å². The maximum absolute atomic E-state index is 13.2. The average molecular weight is 293 g/mol. The molecule has 1 aliphatic rings. The third kappa shape index (κ3) is 3.22. The van der Waals surface area contributed by atoms with E-state index in [0.29, 0.717) is 5.92 Å². The van der Waals surface area contributed by atoms with Crippen LogP contribution in [0.15, 0.2) is 60.7 Å². The second-order valence-corrected chi connectivity index (χ2v) is 6.29. The van der Waals surface area contributed by atoms with Crippen LogP contribution in [-0.2, 0) is 4.79 Å². The van der Waals surface area contributed by atoms with Gasteiger partial charge in [-0.2, -0.15) is 0 Å². The van der Waals surface area contributed by atoms with Crippen LogP contribution in [0.1, 0.15) is 36.8 Å². The Hall–Kier alpha value is -2.09. The van der Waals surface area contributed by atoms with Gasteiger partial charge < -0.3 is 4.90 Å². The normalized spacial score (nSPS) is 18.5. The topological polar surface area (TPSA) is 20.3 Å². The van der Waals surface area contributed by atoms with E-state index in [-0.39, 0.29) is 11.8 Å². The molecule has 2 aromatic rings. The second kappa shape index (κ2) is 6.78. The molecule has 1 fully saturated rings. The highest BCUT2D eigenvalue weighted by Gasteiger charge is 2.29. The molecule has 2 heteroatoms. The van der Waals surface area contributed by atoms with Crippen molar-refractivity contribution in [3.8, 4) is 0 Å². The molecule has 0 saturated carbocycles. The van der Waals surface area contributed by atoms with Crippen molar-refractivity contribution in [1.29, 1.82) is 0 Å². The van der Waals surface area contributed by atoms with Gasteiger partial charge in [-0.15, -0.1) is 0 Å². The second-order valence-electron chi connectivity index (χ2n) is 6.29. The van der Waals surface area contributed by atoms with Gasteiger partial charge in [-0.3, -0.25) is 4.79 Å². The largest absolute Gasteiger partial charge is 0.342 e. The number of hydrogen-bond acceptors (Lipinski definition) is 1. The van der Waals surface area contributed by atoms with E-state index in [4.69, 9.17) is 0 Å². The standard InChI is InChI=1S/C20H23NO/c1-16-9-8-14-21(15-16)20(22)19(17-10-4-2-5-11-17)18-12-6-3-7-13-18/h2-7,10-13,16,19H,8-9,14-15H2,1H3/t16-/m0/s1. The molecule has 114 valence electrons. The number of hydrogen-bond donors (Lipinski definition) is 0. The lowest BCUT2D eigenvalue weighted by atomic mass is 9.88. The fourth-order valence-electron chi connectivity index (χ4n) is 3.34. The van der Waals surface area contributed by atoms with Gasteiger partial charge in [0.1, 0.15) is 0 Å². The van der Waals surface area contributed by atoms with Crippen molar-refractivity contribution in [2.75, 3.05) is 13.1 Å². The first-order valence-electron chi connectivity index (χ1n) is 8.14. The molecular weight excluding hydrogens is 270 g/mol. The summed E-state index contributed by atoms with van der Waals surface area (Å²) in [4.78, 5) is 15.2. The maximum Gasteiger partial charge on any atom is 0.234 e. The SMILES string of the molecule is C[C@H]1CCCN(C(=O)C(c2ccccc2)c2ccccc2)C1. The summed E-state index contributed by atoms with van der Waals surface area (Å²) in [5.41, 5.74) is 2.16. The van der Waals surface area contributed by atoms with Gasteiger partial charge in [0, 0.05) is 13.1 Å². The molecule has 0 aromatic heterocycles. The van der Waals surface area contributed by atoms with E-state index in [1.165, 1.54) is 6.42 Å². The molecule has 2 nitrogen and oxygen atoms in total. The third-order valence-corrected chi connectivity index (χ3v) is 4.48. The molecule has 0 unspecified atom stereocenters. The fraction of sp³-hybridized carbons (Fsp3) is 0.350. The summed E-state index contributed by atoms with van der Waals surface area (Å²) in [6.07, 6.45) is 2.34. The Morgan fingerprint density at radius 3 is 2.05 bits per heavy atom. The average Bonchev–Trinajstić information content (AvgIpc) is 2.57. The first-order chi connectivity index (χ1) is 10.8. The van der Waals surface area contributed by atoms with E-state index in [0.717, 1.165) is 30.6 Å². The van der Waals surface area contributed by atoms with E-state index in [2.05, 4.69) is 36.1 Å². The van der Waals surface area contributed by atoms with Crippen LogP contribution >= 0.6 is 0 Å². The molecule has 0 N–H and O–H groups in total. The number of benzene rings is 2. The predicted octanol–water partition coefficient (Wildman–Crippen LogP) is 4.08. The predicted molar refractivity (Wildman–Crippen MR) is 89.7 cm³/mol. The highest BCUT2D eigenvalue weighted by molar-refractivity contribution is 5.87. The van der Waals surface area contributed by atoms with Gasteiger partial charge in [0.15, 0.2) is 0 Å². The van der Waals surface area contributed by atoms with Crippen molar-refractivity contribution in [2.24, 2.45) is 5.92 Å². The summed E-state index contributed by atoms with van der Waals surface area (Å²) in [6.45, 7) is 4.01. The van der Waals surface area contributed by atoms with Gasteiger partial charge in [-0.05, 0) is 29.9 Å². The Kier molecular flexibility index (Phi) is 4.57. The van der Waals surface area contributed by atoms with Crippen molar-refractivity contribution in [2.45, 2.75) is 25.7 Å². The lowest BCUT2D eigenvalue weighted by Crippen LogP contribution is -2.42. The van der Waals surface area contributed by atoms with Gasteiger partial charge in [0.25, 0.3) is 0 Å². The quantitative estimate of drug-likeness (QED) is 0.835. The van der Waals surface area contributed by atoms with Crippen molar-refractivity contribution in [1.82, 2.24) is 4.90 Å². The zero-order valence-electron chi connectivity index (χ0n) is 13.1. The summed E-state index contributed by atoms with van der Waals surface area (Å²) in [5, 5.41) is 0. The van der Waals surface area contributed by atoms with E-state index >= 15 is 0 Å². The molecule has 0 radical (unpaired) electrons. The van der Waals surface area contributed by atoms with Crippen molar-refractivity contribution in [3.05, 3.63) is 71.8 Å². The van der Waals surface area contributed by atoms with Crippen LogP contribution in [0.4, 0.5) is 0 Å². The molecule has 0 aliphatic carbocycles. The number of piperidine rings is 1. The number of nitrogens with zero attached hydrogens (tertiary/aromatic N) is 1. The molecular formula is C20H23NO. The van der Waals surface area contributed by atoms with Crippen molar-refractivity contribution >= 4 is 5.91 Å². The highest BCUT2D eigenvalue weighted by Crippen LogP contribution is 2.28. The molecule has 2 aromatic carbocycles. The third-order valence-electron chi connectivity index (χ3n) is 4.48. The Balaban J connectivity index is 1.93. The van der Waals surface area contributed by atoms with E-state index in [1.54, 1.807) is 0 Å². The number of likely N-dealkylation sites (tertiary alicyclic amines) is 1. The minimum Gasteiger partial charge on any atom is -0.342 e. The van der Waals surface area contributed by atoms with Crippen molar-refractivity contribution in [3.63, 3.8) is 0 Å².